The summed E-state index contributed by atoms with van der Waals surface area (Å²) in [6.45, 7) is 7.24. The molecule has 0 radical (unpaired) electrons. The summed E-state index contributed by atoms with van der Waals surface area (Å²) < 4.78 is 28.2. The van der Waals surface area contributed by atoms with Gasteiger partial charge in [0.15, 0.2) is 0 Å². The van der Waals surface area contributed by atoms with E-state index in [-0.39, 0.29) is 6.04 Å². The minimum Gasteiger partial charge on any atom is -0.311 e. The summed E-state index contributed by atoms with van der Waals surface area (Å²) >= 11 is 0. The highest BCUT2D eigenvalue weighted by molar-refractivity contribution is 7.89. The van der Waals surface area contributed by atoms with Crippen LogP contribution >= 0.6 is 0 Å². The minimum absolute atomic E-state index is 0.0424. The number of nitrogens with zero attached hydrogens (tertiary/aromatic N) is 1. The average Bonchev–Trinajstić information content (AvgIpc) is 2.97. The van der Waals surface area contributed by atoms with Crippen molar-refractivity contribution in [3.8, 4) is 0 Å². The van der Waals surface area contributed by atoms with Crippen LogP contribution in [0.5, 0.6) is 0 Å². The molecule has 1 aromatic heterocycles. The Kier molecular flexibility index (Phi) is 5.40. The number of aromatic nitrogens is 2. The van der Waals surface area contributed by atoms with Crippen LogP contribution in [0.4, 0.5) is 0 Å². The van der Waals surface area contributed by atoms with Gasteiger partial charge in [-0.2, -0.15) is 5.10 Å². The Balaban J connectivity index is 2.16. The molecule has 2 unspecified atom stereocenters. The fraction of sp³-hybridized carbons (Fsp3) is 0.786. The van der Waals surface area contributed by atoms with E-state index in [1.807, 2.05) is 0 Å². The fourth-order valence-electron chi connectivity index (χ4n) is 2.91. The molecule has 1 saturated carbocycles. The Labute approximate surface area is 127 Å². The molecular formula is C14H26N4O2S. The number of hydrogen-bond acceptors (Lipinski definition) is 4. The standard InChI is InChI=1S/C14H26N4O2S/c1-4-8-15-9-13-14(11(3)16-17-13)21(19,20)18-12-7-5-6-10(12)2/h10,12,15,18H,4-9H2,1-3H3,(H,16,17). The van der Waals surface area contributed by atoms with E-state index in [9.17, 15) is 8.42 Å². The van der Waals surface area contributed by atoms with Gasteiger partial charge in [0, 0.05) is 12.6 Å². The van der Waals surface area contributed by atoms with Gasteiger partial charge in [0.1, 0.15) is 4.90 Å². The van der Waals surface area contributed by atoms with Gasteiger partial charge in [-0.25, -0.2) is 13.1 Å². The molecule has 0 spiro atoms. The van der Waals surface area contributed by atoms with Crippen molar-refractivity contribution < 1.29 is 8.42 Å². The largest absolute Gasteiger partial charge is 0.311 e. The number of hydrogen-bond donors (Lipinski definition) is 3. The lowest BCUT2D eigenvalue weighted by Crippen LogP contribution is -2.37. The quantitative estimate of drug-likeness (QED) is 0.668. The average molecular weight is 314 g/mol. The number of aromatic amines is 1. The van der Waals surface area contributed by atoms with Crippen LogP contribution in [0.25, 0.3) is 0 Å². The molecular weight excluding hydrogens is 288 g/mol. The lowest BCUT2D eigenvalue weighted by atomic mass is 10.1. The topological polar surface area (TPSA) is 86.9 Å². The maximum absolute atomic E-state index is 12.7. The Bertz CT molecular complexity index is 568. The monoisotopic (exact) mass is 314 g/mol. The summed E-state index contributed by atoms with van der Waals surface area (Å²) in [6, 6.07) is 0.0424. The molecule has 1 aliphatic rings. The van der Waals surface area contributed by atoms with Crippen LogP contribution in [0.3, 0.4) is 0 Å². The maximum Gasteiger partial charge on any atom is 0.244 e. The third kappa shape index (κ3) is 3.84. The number of H-pyrrole nitrogens is 1. The Hall–Kier alpha value is -0.920. The summed E-state index contributed by atoms with van der Waals surface area (Å²) in [6.07, 6.45) is 4.09. The van der Waals surface area contributed by atoms with Crippen molar-refractivity contribution in [3.63, 3.8) is 0 Å². The summed E-state index contributed by atoms with van der Waals surface area (Å²) in [5.41, 5.74) is 1.17. The minimum atomic E-state index is -3.52. The van der Waals surface area contributed by atoms with Crippen LogP contribution in [0.15, 0.2) is 4.90 Å². The first-order chi connectivity index (χ1) is 9.95. The van der Waals surface area contributed by atoms with E-state index in [0.29, 0.717) is 28.7 Å². The molecule has 2 rings (SSSR count). The van der Waals surface area contributed by atoms with E-state index >= 15 is 0 Å². The van der Waals surface area contributed by atoms with Crippen molar-refractivity contribution in [2.75, 3.05) is 6.54 Å². The van der Waals surface area contributed by atoms with Crippen LogP contribution in [-0.2, 0) is 16.6 Å². The third-order valence-electron chi connectivity index (χ3n) is 4.12. The predicted octanol–water partition coefficient (Wildman–Crippen LogP) is 1.68. The van der Waals surface area contributed by atoms with E-state index in [0.717, 1.165) is 32.2 Å². The predicted molar refractivity (Wildman–Crippen MR) is 82.4 cm³/mol. The fourth-order valence-corrected chi connectivity index (χ4v) is 4.65. The lowest BCUT2D eigenvalue weighted by molar-refractivity contribution is 0.476. The normalized spacial score (nSPS) is 22.8. The second kappa shape index (κ2) is 6.89. The van der Waals surface area contributed by atoms with Gasteiger partial charge in [-0.1, -0.05) is 20.3 Å². The highest BCUT2D eigenvalue weighted by Crippen LogP contribution is 2.27. The van der Waals surface area contributed by atoms with Crippen LogP contribution in [0.2, 0.25) is 0 Å². The molecule has 0 amide bonds. The van der Waals surface area contributed by atoms with Crippen molar-refractivity contribution >= 4 is 10.0 Å². The van der Waals surface area contributed by atoms with E-state index in [4.69, 9.17) is 0 Å². The molecule has 3 N–H and O–H groups in total. The van der Waals surface area contributed by atoms with Gasteiger partial charge < -0.3 is 5.32 Å². The van der Waals surface area contributed by atoms with Crippen LogP contribution in [-0.4, -0.2) is 31.2 Å². The molecule has 1 aliphatic carbocycles. The Morgan fingerprint density at radius 2 is 2.14 bits per heavy atom. The molecule has 21 heavy (non-hydrogen) atoms. The van der Waals surface area contributed by atoms with Crippen molar-refractivity contribution in [1.82, 2.24) is 20.2 Å². The summed E-state index contributed by atoms with van der Waals surface area (Å²) in [7, 11) is -3.52. The molecule has 1 fully saturated rings. The maximum atomic E-state index is 12.7. The second-order valence-corrected chi connectivity index (χ2v) is 7.59. The molecule has 1 aromatic rings. The first kappa shape index (κ1) is 16.5. The molecule has 0 aliphatic heterocycles. The van der Waals surface area contributed by atoms with E-state index in [2.05, 4.69) is 34.1 Å². The second-order valence-electron chi connectivity index (χ2n) is 5.94. The zero-order valence-electron chi connectivity index (χ0n) is 13.1. The van der Waals surface area contributed by atoms with Gasteiger partial charge in [0.05, 0.1) is 11.4 Å². The van der Waals surface area contributed by atoms with Gasteiger partial charge >= 0.3 is 0 Å². The van der Waals surface area contributed by atoms with Gasteiger partial charge in [-0.15, -0.1) is 0 Å². The molecule has 120 valence electrons. The van der Waals surface area contributed by atoms with E-state index < -0.39 is 10.0 Å². The highest BCUT2D eigenvalue weighted by Gasteiger charge is 2.31. The van der Waals surface area contributed by atoms with Gasteiger partial charge in [-0.3, -0.25) is 5.10 Å². The van der Waals surface area contributed by atoms with Crippen molar-refractivity contribution in [3.05, 3.63) is 11.4 Å². The summed E-state index contributed by atoms with van der Waals surface area (Å²) in [4.78, 5) is 0.310. The third-order valence-corrected chi connectivity index (χ3v) is 5.81. The molecule has 7 heteroatoms. The van der Waals surface area contributed by atoms with Gasteiger partial charge in [0.25, 0.3) is 0 Å². The van der Waals surface area contributed by atoms with Crippen LogP contribution < -0.4 is 10.0 Å². The Morgan fingerprint density at radius 3 is 2.76 bits per heavy atom. The molecule has 0 saturated heterocycles. The number of nitrogens with one attached hydrogen (secondary N) is 3. The van der Waals surface area contributed by atoms with Crippen molar-refractivity contribution in [1.29, 1.82) is 0 Å². The zero-order valence-corrected chi connectivity index (χ0v) is 13.9. The van der Waals surface area contributed by atoms with Crippen LogP contribution in [0, 0.1) is 12.8 Å². The number of sulfonamides is 1. The molecule has 2 atom stereocenters. The van der Waals surface area contributed by atoms with E-state index in [1.165, 1.54) is 0 Å². The van der Waals surface area contributed by atoms with Crippen molar-refractivity contribution in [2.24, 2.45) is 5.92 Å². The lowest BCUT2D eigenvalue weighted by Gasteiger charge is -2.17. The first-order valence-electron chi connectivity index (χ1n) is 7.72. The summed E-state index contributed by atoms with van der Waals surface area (Å²) in [5.74, 6) is 0.397. The van der Waals surface area contributed by atoms with E-state index in [1.54, 1.807) is 6.92 Å². The molecule has 6 nitrogen and oxygen atoms in total. The smallest absolute Gasteiger partial charge is 0.244 e. The highest BCUT2D eigenvalue weighted by atomic mass is 32.2. The molecule has 1 heterocycles. The summed E-state index contributed by atoms with van der Waals surface area (Å²) in [5, 5.41) is 10.1. The van der Waals surface area contributed by atoms with Gasteiger partial charge in [-0.05, 0) is 38.6 Å². The zero-order chi connectivity index (χ0) is 15.5. The van der Waals surface area contributed by atoms with Crippen molar-refractivity contribution in [2.45, 2.75) is 63.9 Å². The SMILES string of the molecule is CCCNCc1n[nH]c(C)c1S(=O)(=O)NC1CCCC1C. The molecule has 0 aromatic carbocycles. The number of rotatable bonds is 7. The number of aryl methyl sites for hydroxylation is 1. The van der Waals surface area contributed by atoms with Crippen LogP contribution in [0.1, 0.15) is 50.9 Å². The molecule has 0 bridgehead atoms. The van der Waals surface area contributed by atoms with Gasteiger partial charge in [0.2, 0.25) is 10.0 Å². The Morgan fingerprint density at radius 1 is 1.38 bits per heavy atom. The first-order valence-corrected chi connectivity index (χ1v) is 9.21.